The Labute approximate surface area is 203 Å². The summed E-state index contributed by atoms with van der Waals surface area (Å²) >= 11 is 1.29. The van der Waals surface area contributed by atoms with Gasteiger partial charge in [-0.1, -0.05) is 44.2 Å². The van der Waals surface area contributed by atoms with Crippen molar-refractivity contribution in [2.75, 3.05) is 11.9 Å². The second-order valence-electron chi connectivity index (χ2n) is 9.60. The lowest BCUT2D eigenvalue weighted by molar-refractivity contribution is -0.150. The molecule has 182 valence electrons. The first kappa shape index (κ1) is 24.2. The summed E-state index contributed by atoms with van der Waals surface area (Å²) in [5.74, 6) is -0.218. The zero-order valence-corrected chi connectivity index (χ0v) is 20.6. The predicted octanol–water partition coefficient (Wildman–Crippen LogP) is 4.71. The molecule has 0 radical (unpaired) electrons. The molecule has 0 bridgehead atoms. The van der Waals surface area contributed by atoms with Gasteiger partial charge in [-0.2, -0.15) is 0 Å². The summed E-state index contributed by atoms with van der Waals surface area (Å²) in [6.45, 7) is 6.68. The third kappa shape index (κ3) is 5.41. The quantitative estimate of drug-likeness (QED) is 0.571. The fourth-order valence-corrected chi connectivity index (χ4v) is 5.46. The number of hydrogen-bond acceptors (Lipinski definition) is 7. The standard InChI is InChI=1S/C25H31N3O5S/c1-16(2)12-18-13-25(3,33-22(18)30)20-15-34-23(26-20)27-21(29)19-10-7-11-28(19)24(31)32-14-17-8-5-4-6-9-17/h4-6,8-9,15-16,18-19H,7,10-14H2,1-3H3,(H,26,27,29). The normalized spacial score (nSPS) is 24.4. The number of esters is 1. The van der Waals surface area contributed by atoms with Crippen molar-refractivity contribution in [3.8, 4) is 0 Å². The van der Waals surface area contributed by atoms with Crippen LogP contribution in [0.3, 0.4) is 0 Å². The number of benzene rings is 1. The number of nitrogens with one attached hydrogen (secondary N) is 1. The van der Waals surface area contributed by atoms with E-state index in [1.165, 1.54) is 16.2 Å². The van der Waals surface area contributed by atoms with Crippen molar-refractivity contribution in [3.05, 3.63) is 47.0 Å². The summed E-state index contributed by atoms with van der Waals surface area (Å²) in [5, 5.41) is 5.08. The van der Waals surface area contributed by atoms with Gasteiger partial charge in [0.05, 0.1) is 11.6 Å². The van der Waals surface area contributed by atoms with Crippen LogP contribution in [0.5, 0.6) is 0 Å². The Morgan fingerprint density at radius 1 is 1.32 bits per heavy atom. The number of thiazole rings is 1. The maximum absolute atomic E-state index is 13.0. The van der Waals surface area contributed by atoms with E-state index in [0.29, 0.717) is 36.1 Å². The van der Waals surface area contributed by atoms with Crippen LogP contribution < -0.4 is 5.32 Å². The summed E-state index contributed by atoms with van der Waals surface area (Å²) in [6, 6.07) is 8.83. The molecule has 2 fully saturated rings. The van der Waals surface area contributed by atoms with Gasteiger partial charge in [0, 0.05) is 18.3 Å². The highest BCUT2D eigenvalue weighted by Gasteiger charge is 2.46. The molecule has 0 saturated carbocycles. The Morgan fingerprint density at radius 3 is 2.82 bits per heavy atom. The van der Waals surface area contributed by atoms with E-state index in [2.05, 4.69) is 24.1 Å². The first-order valence-electron chi connectivity index (χ1n) is 11.7. The second-order valence-corrected chi connectivity index (χ2v) is 10.5. The molecule has 2 aliphatic rings. The molecule has 0 aliphatic carbocycles. The van der Waals surface area contributed by atoms with Crippen LogP contribution in [0.4, 0.5) is 9.93 Å². The summed E-state index contributed by atoms with van der Waals surface area (Å²) < 4.78 is 11.1. The van der Waals surface area contributed by atoms with E-state index in [-0.39, 0.29) is 24.4 Å². The third-order valence-electron chi connectivity index (χ3n) is 6.32. The number of carbonyl (C=O) groups excluding carboxylic acids is 3. The maximum atomic E-state index is 13.0. The molecule has 1 N–H and O–H groups in total. The van der Waals surface area contributed by atoms with Crippen molar-refractivity contribution in [2.45, 2.75) is 64.7 Å². The van der Waals surface area contributed by atoms with Gasteiger partial charge < -0.3 is 14.8 Å². The Kier molecular flexibility index (Phi) is 7.21. The minimum Gasteiger partial charge on any atom is -0.453 e. The van der Waals surface area contributed by atoms with Crippen molar-refractivity contribution in [1.29, 1.82) is 0 Å². The average molecular weight is 486 g/mol. The molecule has 0 spiro atoms. The van der Waals surface area contributed by atoms with Gasteiger partial charge in [0.1, 0.15) is 12.6 Å². The molecule has 2 aromatic rings. The van der Waals surface area contributed by atoms with Crippen molar-refractivity contribution >= 4 is 34.4 Å². The van der Waals surface area contributed by atoms with Crippen LogP contribution in [0.1, 0.15) is 57.7 Å². The number of carbonyl (C=O) groups is 3. The number of hydrogen-bond donors (Lipinski definition) is 1. The Bertz CT molecular complexity index is 1040. The van der Waals surface area contributed by atoms with Gasteiger partial charge in [-0.25, -0.2) is 9.78 Å². The highest BCUT2D eigenvalue weighted by Crippen LogP contribution is 2.42. The van der Waals surface area contributed by atoms with Crippen molar-refractivity contribution in [2.24, 2.45) is 11.8 Å². The first-order chi connectivity index (χ1) is 16.2. The van der Waals surface area contributed by atoms with Gasteiger partial charge in [-0.15, -0.1) is 11.3 Å². The van der Waals surface area contributed by atoms with E-state index in [9.17, 15) is 14.4 Å². The smallest absolute Gasteiger partial charge is 0.410 e. The van der Waals surface area contributed by atoms with Crippen LogP contribution >= 0.6 is 11.3 Å². The second kappa shape index (κ2) is 10.1. The van der Waals surface area contributed by atoms with E-state index in [1.807, 2.05) is 42.6 Å². The Hall–Kier alpha value is -2.94. The van der Waals surface area contributed by atoms with E-state index in [1.54, 1.807) is 0 Å². The van der Waals surface area contributed by atoms with Crippen LogP contribution in [0.2, 0.25) is 0 Å². The molecule has 2 amide bonds. The van der Waals surface area contributed by atoms with E-state index in [4.69, 9.17) is 9.47 Å². The molecule has 3 atom stereocenters. The summed E-state index contributed by atoms with van der Waals surface area (Å²) in [5.41, 5.74) is 0.734. The molecule has 3 heterocycles. The molecule has 9 heteroatoms. The average Bonchev–Trinajstić information content (AvgIpc) is 3.53. The van der Waals surface area contributed by atoms with Gasteiger partial charge in [-0.3, -0.25) is 14.5 Å². The number of ether oxygens (including phenoxy) is 2. The molecular formula is C25H31N3O5S. The highest BCUT2D eigenvalue weighted by molar-refractivity contribution is 7.14. The lowest BCUT2D eigenvalue weighted by atomic mass is 9.88. The van der Waals surface area contributed by atoms with Gasteiger partial charge >= 0.3 is 12.1 Å². The molecule has 4 rings (SSSR count). The predicted molar refractivity (Wildman–Crippen MR) is 128 cm³/mol. The monoisotopic (exact) mass is 485 g/mol. The van der Waals surface area contributed by atoms with Crippen molar-refractivity contribution in [1.82, 2.24) is 9.88 Å². The SMILES string of the molecule is CC(C)CC1CC(C)(c2csc(NC(=O)C3CCCN3C(=O)OCc3ccccc3)n2)OC1=O. The number of aromatic nitrogens is 1. The fraction of sp³-hybridized carbons (Fsp3) is 0.520. The van der Waals surface area contributed by atoms with Crippen LogP contribution in [0.25, 0.3) is 0 Å². The van der Waals surface area contributed by atoms with E-state index >= 15 is 0 Å². The van der Waals surface area contributed by atoms with Crippen molar-refractivity contribution < 1.29 is 23.9 Å². The largest absolute Gasteiger partial charge is 0.453 e. The molecular weight excluding hydrogens is 454 g/mol. The minimum absolute atomic E-state index is 0.140. The van der Waals surface area contributed by atoms with Gasteiger partial charge in [-0.05, 0) is 37.7 Å². The number of rotatable bonds is 7. The van der Waals surface area contributed by atoms with Gasteiger partial charge in [0.25, 0.3) is 0 Å². The molecule has 2 aliphatic heterocycles. The zero-order valence-electron chi connectivity index (χ0n) is 19.8. The number of nitrogens with zero attached hydrogens (tertiary/aromatic N) is 2. The van der Waals surface area contributed by atoms with Crippen LogP contribution in [-0.2, 0) is 31.3 Å². The Morgan fingerprint density at radius 2 is 2.09 bits per heavy atom. The molecule has 2 saturated heterocycles. The molecule has 8 nitrogen and oxygen atoms in total. The first-order valence-corrected chi connectivity index (χ1v) is 12.6. The lowest BCUT2D eigenvalue weighted by Crippen LogP contribution is -2.43. The van der Waals surface area contributed by atoms with Crippen LogP contribution in [-0.4, -0.2) is 40.4 Å². The van der Waals surface area contributed by atoms with E-state index in [0.717, 1.165) is 18.4 Å². The summed E-state index contributed by atoms with van der Waals surface area (Å²) in [7, 11) is 0. The summed E-state index contributed by atoms with van der Waals surface area (Å²) in [4.78, 5) is 43.9. The number of amides is 2. The highest BCUT2D eigenvalue weighted by atomic mass is 32.1. The number of likely N-dealkylation sites (tertiary alicyclic amines) is 1. The molecule has 3 unspecified atom stereocenters. The lowest BCUT2D eigenvalue weighted by Gasteiger charge is -2.23. The topological polar surface area (TPSA) is 97.8 Å². The molecule has 1 aromatic carbocycles. The number of cyclic esters (lactones) is 1. The Balaban J connectivity index is 1.35. The third-order valence-corrected chi connectivity index (χ3v) is 7.08. The summed E-state index contributed by atoms with van der Waals surface area (Å²) in [6.07, 6.45) is 2.15. The van der Waals surface area contributed by atoms with Crippen molar-refractivity contribution in [3.63, 3.8) is 0 Å². The van der Waals surface area contributed by atoms with Crippen LogP contribution in [0, 0.1) is 11.8 Å². The van der Waals surface area contributed by atoms with Gasteiger partial charge in [0.15, 0.2) is 10.7 Å². The fourth-order valence-electron chi connectivity index (χ4n) is 4.63. The molecule has 34 heavy (non-hydrogen) atoms. The minimum atomic E-state index is -0.795. The zero-order chi connectivity index (χ0) is 24.3. The van der Waals surface area contributed by atoms with E-state index < -0.39 is 17.7 Å². The maximum Gasteiger partial charge on any atom is 0.410 e. The van der Waals surface area contributed by atoms with Crippen LogP contribution in [0.15, 0.2) is 35.7 Å². The molecule has 1 aromatic heterocycles. The number of anilines is 1. The van der Waals surface area contributed by atoms with Gasteiger partial charge in [0.2, 0.25) is 5.91 Å².